The molecule has 0 N–H and O–H groups in total. The van der Waals surface area contributed by atoms with E-state index in [4.69, 9.17) is 9.16 Å². The van der Waals surface area contributed by atoms with Gasteiger partial charge in [0.25, 0.3) is 0 Å². The maximum absolute atomic E-state index is 6.55. The molecule has 0 spiro atoms. The predicted molar refractivity (Wildman–Crippen MR) is 92.2 cm³/mol. The zero-order valence-electron chi connectivity index (χ0n) is 14.6. The summed E-state index contributed by atoms with van der Waals surface area (Å²) in [5, 5.41) is 0.237. The topological polar surface area (TPSA) is 18.5 Å². The van der Waals surface area contributed by atoms with Gasteiger partial charge < -0.3 is 9.16 Å². The van der Waals surface area contributed by atoms with Gasteiger partial charge in [-0.3, -0.25) is 0 Å². The van der Waals surface area contributed by atoms with E-state index in [2.05, 4.69) is 65.0 Å². The van der Waals surface area contributed by atoms with Gasteiger partial charge in [0, 0.05) is 6.61 Å². The van der Waals surface area contributed by atoms with Crippen LogP contribution < -0.4 is 0 Å². The quantitative estimate of drug-likeness (QED) is 0.554. The lowest BCUT2D eigenvalue weighted by Gasteiger charge is -2.41. The van der Waals surface area contributed by atoms with Crippen molar-refractivity contribution in [2.24, 2.45) is 0 Å². The Labute approximate surface area is 127 Å². The molecule has 0 aromatic rings. The lowest BCUT2D eigenvalue weighted by atomic mass is 10.1. The van der Waals surface area contributed by atoms with Crippen molar-refractivity contribution >= 4 is 16.4 Å². The molecule has 1 rings (SSSR count). The molecule has 1 aliphatic heterocycles. The Morgan fingerprint density at radius 3 is 2.20 bits per heavy atom. The van der Waals surface area contributed by atoms with Crippen LogP contribution >= 0.6 is 0 Å². The highest BCUT2D eigenvalue weighted by atomic mass is 28.4. The monoisotopic (exact) mass is 312 g/mol. The van der Waals surface area contributed by atoms with E-state index < -0.39 is 16.4 Å². The molecule has 0 aromatic heterocycles. The van der Waals surface area contributed by atoms with Gasteiger partial charge in [-0.15, -0.1) is 5.54 Å². The van der Waals surface area contributed by atoms with Crippen molar-refractivity contribution < 1.29 is 9.16 Å². The minimum absolute atomic E-state index is 0.0235. The molecule has 0 saturated carbocycles. The van der Waals surface area contributed by atoms with Gasteiger partial charge in [-0.25, -0.2) is 0 Å². The molecule has 2 nitrogen and oxygen atoms in total. The molecule has 0 aliphatic carbocycles. The Kier molecular flexibility index (Phi) is 5.70. The van der Waals surface area contributed by atoms with Crippen LogP contribution in [0.2, 0.25) is 37.8 Å². The minimum atomic E-state index is -1.75. The first-order valence-corrected chi connectivity index (χ1v) is 14.2. The number of ether oxygens (including phenoxy) is 1. The molecule has 2 atom stereocenters. The van der Waals surface area contributed by atoms with Crippen LogP contribution in [0.1, 0.15) is 33.6 Å². The van der Waals surface area contributed by atoms with Crippen molar-refractivity contribution in [3.63, 3.8) is 0 Å². The molecular weight excluding hydrogens is 280 g/mol. The summed E-state index contributed by atoms with van der Waals surface area (Å²) in [4.78, 5) is 0. The van der Waals surface area contributed by atoms with Crippen LogP contribution in [0.4, 0.5) is 0 Å². The summed E-state index contributed by atoms with van der Waals surface area (Å²) in [5.41, 5.74) is 3.45. The summed E-state index contributed by atoms with van der Waals surface area (Å²) in [6.45, 7) is 19.1. The van der Waals surface area contributed by atoms with Crippen molar-refractivity contribution in [3.05, 3.63) is 0 Å². The lowest BCUT2D eigenvalue weighted by molar-refractivity contribution is -0.0371. The van der Waals surface area contributed by atoms with E-state index in [0.29, 0.717) is 0 Å². The first-order valence-electron chi connectivity index (χ1n) is 7.74. The molecule has 20 heavy (non-hydrogen) atoms. The molecule has 0 radical (unpaired) electrons. The first kappa shape index (κ1) is 18.0. The first-order chi connectivity index (χ1) is 8.92. The molecule has 0 unspecified atom stereocenters. The zero-order chi connectivity index (χ0) is 15.6. The van der Waals surface area contributed by atoms with Crippen LogP contribution in [-0.2, 0) is 9.16 Å². The Hall–Kier alpha value is -0.0862. The standard InChI is InChI=1S/C16H32O2Si2/c1-16(2,3)20(7,8)18-15-10-9-12-17-14(15)11-13-19(4,5)6/h14-15H,9-10,12H2,1-8H3/t14-,15+/m1/s1. The summed E-state index contributed by atoms with van der Waals surface area (Å²) in [7, 11) is -3.10. The molecule has 1 heterocycles. The molecule has 4 heteroatoms. The van der Waals surface area contributed by atoms with Crippen LogP contribution in [0.15, 0.2) is 0 Å². The Morgan fingerprint density at radius 2 is 1.70 bits per heavy atom. The second-order valence-corrected chi connectivity index (χ2v) is 17.9. The third kappa shape index (κ3) is 5.36. The SMILES string of the molecule is CC(C)(C)[Si](C)(C)O[C@H]1CCCO[C@@H]1C#C[Si](C)(C)C. The molecule has 1 fully saturated rings. The van der Waals surface area contributed by atoms with Crippen molar-refractivity contribution in [2.45, 2.75) is 83.6 Å². The maximum atomic E-state index is 6.55. The molecule has 1 saturated heterocycles. The van der Waals surface area contributed by atoms with Gasteiger partial charge in [0.2, 0.25) is 0 Å². The highest BCUT2D eigenvalue weighted by Gasteiger charge is 2.41. The van der Waals surface area contributed by atoms with Gasteiger partial charge >= 0.3 is 0 Å². The summed E-state index contributed by atoms with van der Waals surface area (Å²) >= 11 is 0. The van der Waals surface area contributed by atoms with E-state index >= 15 is 0 Å². The fraction of sp³-hybridized carbons (Fsp3) is 0.875. The van der Waals surface area contributed by atoms with E-state index in [1.165, 1.54) is 0 Å². The highest BCUT2D eigenvalue weighted by molar-refractivity contribution is 6.83. The molecule has 116 valence electrons. The Bertz CT molecular complexity index is 380. The number of hydrogen-bond donors (Lipinski definition) is 0. The molecule has 1 aliphatic rings. The maximum Gasteiger partial charge on any atom is 0.192 e. The van der Waals surface area contributed by atoms with Gasteiger partial charge in [-0.2, -0.15) is 0 Å². The summed E-state index contributed by atoms with van der Waals surface area (Å²) < 4.78 is 12.4. The van der Waals surface area contributed by atoms with Crippen molar-refractivity contribution in [3.8, 4) is 11.5 Å². The predicted octanol–water partition coefficient (Wildman–Crippen LogP) is 4.44. The van der Waals surface area contributed by atoms with Crippen molar-refractivity contribution in [1.29, 1.82) is 0 Å². The number of rotatable bonds is 2. The van der Waals surface area contributed by atoms with Gasteiger partial charge in [0.15, 0.2) is 8.32 Å². The largest absolute Gasteiger partial charge is 0.410 e. The van der Waals surface area contributed by atoms with Gasteiger partial charge in [0.1, 0.15) is 14.2 Å². The molecular formula is C16H32O2Si2. The van der Waals surface area contributed by atoms with Crippen LogP contribution in [0.5, 0.6) is 0 Å². The summed E-state index contributed by atoms with van der Waals surface area (Å²) in [5.74, 6) is 3.37. The van der Waals surface area contributed by atoms with Gasteiger partial charge in [-0.05, 0) is 31.0 Å². The van der Waals surface area contributed by atoms with Crippen LogP contribution in [0.25, 0.3) is 0 Å². The average Bonchev–Trinajstić information content (AvgIpc) is 2.24. The van der Waals surface area contributed by atoms with E-state index in [-0.39, 0.29) is 17.2 Å². The Balaban J connectivity index is 2.82. The molecule has 0 bridgehead atoms. The van der Waals surface area contributed by atoms with Gasteiger partial charge in [0.05, 0.1) is 6.10 Å². The van der Waals surface area contributed by atoms with Crippen molar-refractivity contribution in [1.82, 2.24) is 0 Å². The molecule has 0 amide bonds. The summed E-state index contributed by atoms with van der Waals surface area (Å²) in [6, 6.07) is 0. The smallest absolute Gasteiger partial charge is 0.192 e. The van der Waals surface area contributed by atoms with Crippen LogP contribution in [0, 0.1) is 11.5 Å². The second-order valence-electron chi connectivity index (χ2n) is 8.37. The lowest BCUT2D eigenvalue weighted by Crippen LogP contribution is -2.48. The molecule has 0 aromatic carbocycles. The zero-order valence-corrected chi connectivity index (χ0v) is 16.6. The third-order valence-electron chi connectivity index (χ3n) is 4.11. The second kappa shape index (κ2) is 6.35. The van der Waals surface area contributed by atoms with E-state index in [0.717, 1.165) is 19.4 Å². The van der Waals surface area contributed by atoms with E-state index in [1.54, 1.807) is 0 Å². The fourth-order valence-electron chi connectivity index (χ4n) is 1.85. The normalized spacial score (nSPS) is 25.0. The number of hydrogen-bond acceptors (Lipinski definition) is 2. The van der Waals surface area contributed by atoms with Gasteiger partial charge in [-0.1, -0.05) is 46.3 Å². The third-order valence-corrected chi connectivity index (χ3v) is 9.51. The average molecular weight is 313 g/mol. The Morgan fingerprint density at radius 1 is 1.10 bits per heavy atom. The van der Waals surface area contributed by atoms with Crippen LogP contribution in [0.3, 0.4) is 0 Å². The summed E-state index contributed by atoms with van der Waals surface area (Å²) in [6.07, 6.45) is 2.31. The van der Waals surface area contributed by atoms with Crippen LogP contribution in [-0.4, -0.2) is 35.2 Å². The van der Waals surface area contributed by atoms with E-state index in [9.17, 15) is 0 Å². The van der Waals surface area contributed by atoms with E-state index in [1.807, 2.05) is 0 Å². The minimum Gasteiger partial charge on any atom is -0.410 e. The fourth-order valence-corrected chi connectivity index (χ4v) is 3.78. The van der Waals surface area contributed by atoms with Crippen molar-refractivity contribution in [2.75, 3.05) is 6.61 Å². The highest BCUT2D eigenvalue weighted by Crippen LogP contribution is 2.38.